The molecule has 0 unspecified atom stereocenters. The van der Waals surface area contributed by atoms with Gasteiger partial charge in [0.05, 0.1) is 24.8 Å². The van der Waals surface area contributed by atoms with Gasteiger partial charge in [0.1, 0.15) is 18.4 Å². The number of methoxy groups -OCH3 is 2. The molecule has 3 aromatic rings. The van der Waals surface area contributed by atoms with Crippen LogP contribution in [0.4, 0.5) is 10.1 Å². The van der Waals surface area contributed by atoms with Gasteiger partial charge in [-0.05, 0) is 68.7 Å². The molecule has 0 spiro atoms. The summed E-state index contributed by atoms with van der Waals surface area (Å²) >= 11 is 0. The van der Waals surface area contributed by atoms with Crippen LogP contribution in [0, 0.1) is 12.7 Å². The fourth-order valence-corrected chi connectivity index (χ4v) is 6.71. The number of benzene rings is 3. The van der Waals surface area contributed by atoms with Crippen molar-refractivity contribution in [3.8, 4) is 11.5 Å². The second kappa shape index (κ2) is 14.6. The van der Waals surface area contributed by atoms with Crippen molar-refractivity contribution in [1.29, 1.82) is 0 Å². The number of rotatable bonds is 12. The molecule has 2 amide bonds. The minimum Gasteiger partial charge on any atom is -0.493 e. The molecule has 1 aliphatic carbocycles. The van der Waals surface area contributed by atoms with Gasteiger partial charge in [0.15, 0.2) is 11.5 Å². The van der Waals surface area contributed by atoms with Gasteiger partial charge in [-0.2, -0.15) is 0 Å². The van der Waals surface area contributed by atoms with Gasteiger partial charge in [0.25, 0.3) is 10.0 Å². The Morgan fingerprint density at radius 3 is 2.18 bits per heavy atom. The molecular formula is C33H40FN3O6S. The zero-order valence-corrected chi connectivity index (χ0v) is 26.4. The molecule has 3 aromatic carbocycles. The molecule has 0 aliphatic heterocycles. The Morgan fingerprint density at radius 1 is 0.932 bits per heavy atom. The predicted molar refractivity (Wildman–Crippen MR) is 167 cm³/mol. The van der Waals surface area contributed by atoms with Crippen molar-refractivity contribution >= 4 is 27.5 Å². The van der Waals surface area contributed by atoms with E-state index in [1.165, 1.54) is 49.5 Å². The van der Waals surface area contributed by atoms with Gasteiger partial charge in [-0.15, -0.1) is 0 Å². The third-order valence-corrected chi connectivity index (χ3v) is 9.70. The van der Waals surface area contributed by atoms with E-state index in [0.29, 0.717) is 5.75 Å². The first-order chi connectivity index (χ1) is 21.0. The molecular weight excluding hydrogens is 585 g/mol. The van der Waals surface area contributed by atoms with Crippen LogP contribution in [0.2, 0.25) is 0 Å². The number of nitrogens with zero attached hydrogens (tertiary/aromatic N) is 2. The van der Waals surface area contributed by atoms with Crippen LogP contribution in [0.3, 0.4) is 0 Å². The molecule has 1 fully saturated rings. The molecule has 1 aliphatic rings. The lowest BCUT2D eigenvalue weighted by molar-refractivity contribution is -0.139. The standard InChI is InChI=1S/C33H40FN3O6S/c1-23-10-12-25(13-11-23)21-36(24(2)33(39)35-27-8-6-5-7-9-27)32(38)22-37(28-16-14-26(34)15-17-28)44(40,41)29-18-19-30(42-3)31(20-29)43-4/h10-20,24,27H,5-9,21-22H2,1-4H3,(H,35,39)/t24-/m0/s1. The summed E-state index contributed by atoms with van der Waals surface area (Å²) in [5.74, 6) is -0.929. The second-order valence-corrected chi connectivity index (χ2v) is 12.9. The van der Waals surface area contributed by atoms with Gasteiger partial charge in [-0.1, -0.05) is 49.1 Å². The van der Waals surface area contributed by atoms with Gasteiger partial charge < -0.3 is 19.7 Å². The fraction of sp³-hybridized carbons (Fsp3) is 0.394. The molecule has 0 heterocycles. The Hall–Kier alpha value is -4.12. The fourth-order valence-electron chi connectivity index (χ4n) is 5.28. The minimum atomic E-state index is -4.37. The molecule has 0 radical (unpaired) electrons. The van der Waals surface area contributed by atoms with Crippen molar-refractivity contribution < 1.29 is 31.9 Å². The molecule has 0 aromatic heterocycles. The number of sulfonamides is 1. The Labute approximate surface area is 259 Å². The second-order valence-electron chi connectivity index (χ2n) is 11.0. The van der Waals surface area contributed by atoms with Gasteiger partial charge in [0, 0.05) is 18.7 Å². The van der Waals surface area contributed by atoms with Crippen LogP contribution < -0.4 is 19.1 Å². The van der Waals surface area contributed by atoms with Crippen LogP contribution in [-0.2, 0) is 26.2 Å². The quantitative estimate of drug-likeness (QED) is 0.296. The zero-order chi connectivity index (χ0) is 31.9. The van der Waals surface area contributed by atoms with E-state index in [1.807, 2.05) is 31.2 Å². The number of aryl methyl sites for hydroxylation is 1. The Morgan fingerprint density at radius 2 is 1.57 bits per heavy atom. The summed E-state index contributed by atoms with van der Waals surface area (Å²) in [5.41, 5.74) is 1.92. The average Bonchev–Trinajstić information content (AvgIpc) is 3.03. The van der Waals surface area contributed by atoms with Crippen molar-refractivity contribution in [1.82, 2.24) is 10.2 Å². The summed E-state index contributed by atoms with van der Waals surface area (Å²) in [5, 5.41) is 3.09. The van der Waals surface area contributed by atoms with E-state index < -0.39 is 34.3 Å². The largest absolute Gasteiger partial charge is 0.493 e. The van der Waals surface area contributed by atoms with E-state index in [2.05, 4.69) is 5.32 Å². The predicted octanol–water partition coefficient (Wildman–Crippen LogP) is 5.21. The number of halogens is 1. The molecule has 9 nitrogen and oxygen atoms in total. The van der Waals surface area contributed by atoms with E-state index in [1.54, 1.807) is 6.92 Å². The number of nitrogens with one attached hydrogen (secondary N) is 1. The molecule has 4 rings (SSSR count). The number of amides is 2. The van der Waals surface area contributed by atoms with Crippen molar-refractivity contribution in [2.24, 2.45) is 0 Å². The lowest BCUT2D eigenvalue weighted by Gasteiger charge is -2.33. The van der Waals surface area contributed by atoms with Crippen LogP contribution in [-0.4, -0.2) is 58.0 Å². The SMILES string of the molecule is COc1ccc(S(=O)(=O)N(CC(=O)N(Cc2ccc(C)cc2)[C@@H](C)C(=O)NC2CCCCC2)c2ccc(F)cc2)cc1OC. The Balaban J connectivity index is 1.70. The molecule has 1 N–H and O–H groups in total. The molecule has 44 heavy (non-hydrogen) atoms. The van der Waals surface area contributed by atoms with E-state index in [9.17, 15) is 22.4 Å². The van der Waals surface area contributed by atoms with Crippen LogP contribution in [0.1, 0.15) is 50.2 Å². The first-order valence-electron chi connectivity index (χ1n) is 14.7. The monoisotopic (exact) mass is 625 g/mol. The van der Waals surface area contributed by atoms with Crippen LogP contribution >= 0.6 is 0 Å². The van der Waals surface area contributed by atoms with Gasteiger partial charge in [-0.25, -0.2) is 12.8 Å². The highest BCUT2D eigenvalue weighted by atomic mass is 32.2. The maximum atomic E-state index is 14.1. The molecule has 0 bridgehead atoms. The summed E-state index contributed by atoms with van der Waals surface area (Å²) in [7, 11) is -1.55. The van der Waals surface area contributed by atoms with E-state index in [-0.39, 0.29) is 34.8 Å². The number of carbonyl (C=O) groups excluding carboxylic acids is 2. The number of ether oxygens (including phenoxy) is 2. The number of hydrogen-bond donors (Lipinski definition) is 1. The third-order valence-electron chi connectivity index (χ3n) is 7.93. The zero-order valence-electron chi connectivity index (χ0n) is 25.6. The number of hydrogen-bond acceptors (Lipinski definition) is 6. The molecule has 11 heteroatoms. The van der Waals surface area contributed by atoms with Gasteiger partial charge in [-0.3, -0.25) is 13.9 Å². The lowest BCUT2D eigenvalue weighted by Crippen LogP contribution is -2.53. The topological polar surface area (TPSA) is 105 Å². The van der Waals surface area contributed by atoms with Gasteiger partial charge >= 0.3 is 0 Å². The van der Waals surface area contributed by atoms with E-state index >= 15 is 0 Å². The number of carbonyl (C=O) groups is 2. The van der Waals surface area contributed by atoms with Crippen molar-refractivity contribution in [2.75, 3.05) is 25.1 Å². The summed E-state index contributed by atoms with van der Waals surface area (Å²) < 4.78 is 53.5. The summed E-state index contributed by atoms with van der Waals surface area (Å²) in [6.45, 7) is 3.06. The van der Waals surface area contributed by atoms with E-state index in [0.717, 1.165) is 59.7 Å². The highest BCUT2D eigenvalue weighted by Gasteiger charge is 2.33. The maximum absolute atomic E-state index is 14.1. The van der Waals surface area contributed by atoms with Crippen LogP contribution in [0.25, 0.3) is 0 Å². The normalized spacial score (nSPS) is 14.4. The smallest absolute Gasteiger partial charge is 0.264 e. The van der Waals surface area contributed by atoms with Crippen LogP contribution in [0.5, 0.6) is 11.5 Å². The Bertz CT molecular complexity index is 1540. The Kier molecular flexibility index (Phi) is 10.9. The maximum Gasteiger partial charge on any atom is 0.264 e. The summed E-state index contributed by atoms with van der Waals surface area (Å²) in [4.78, 5) is 28.8. The molecule has 1 saturated carbocycles. The first kappa shape index (κ1) is 32.8. The first-order valence-corrected chi connectivity index (χ1v) is 16.1. The number of anilines is 1. The highest BCUT2D eigenvalue weighted by molar-refractivity contribution is 7.92. The molecule has 0 saturated heterocycles. The van der Waals surface area contributed by atoms with Crippen molar-refractivity contribution in [3.05, 3.63) is 83.7 Å². The van der Waals surface area contributed by atoms with E-state index in [4.69, 9.17) is 9.47 Å². The van der Waals surface area contributed by atoms with Gasteiger partial charge in [0.2, 0.25) is 11.8 Å². The molecule has 236 valence electrons. The van der Waals surface area contributed by atoms with Crippen molar-refractivity contribution in [3.63, 3.8) is 0 Å². The third kappa shape index (κ3) is 7.88. The van der Waals surface area contributed by atoms with Crippen LogP contribution in [0.15, 0.2) is 71.6 Å². The summed E-state index contributed by atoms with van der Waals surface area (Å²) in [6, 6.07) is 15.7. The average molecular weight is 626 g/mol. The molecule has 1 atom stereocenters. The lowest BCUT2D eigenvalue weighted by atomic mass is 9.95. The summed E-state index contributed by atoms with van der Waals surface area (Å²) in [6.07, 6.45) is 4.96. The van der Waals surface area contributed by atoms with Crippen molar-refractivity contribution in [2.45, 2.75) is 69.5 Å². The minimum absolute atomic E-state index is 0.0381. The highest BCUT2D eigenvalue weighted by Crippen LogP contribution is 2.32.